The Morgan fingerprint density at radius 3 is 2.57 bits per heavy atom. The average Bonchev–Trinajstić information content (AvgIpc) is 2.20. The molecule has 2 heteroatoms. The minimum Gasteiger partial charge on any atom is -0.381 e. The molecule has 0 aliphatic rings. The monoisotopic (exact) mass is 255 g/mol. The van der Waals surface area contributed by atoms with Crippen LogP contribution >= 0.6 is 15.9 Å². The number of halogens is 1. The van der Waals surface area contributed by atoms with Crippen molar-refractivity contribution in [2.75, 3.05) is 5.32 Å². The highest BCUT2D eigenvalue weighted by atomic mass is 79.9. The van der Waals surface area contributed by atoms with Gasteiger partial charge in [-0.05, 0) is 40.9 Å². The van der Waals surface area contributed by atoms with Gasteiger partial charge in [0.25, 0.3) is 0 Å². The molecule has 0 spiro atoms. The normalized spacial score (nSPS) is 12.5. The number of para-hydroxylation sites is 1. The number of benzene rings is 1. The van der Waals surface area contributed by atoms with Crippen molar-refractivity contribution < 1.29 is 0 Å². The zero-order valence-electron chi connectivity index (χ0n) is 8.89. The second kappa shape index (κ2) is 6.07. The lowest BCUT2D eigenvalue weighted by atomic mass is 10.1. The summed E-state index contributed by atoms with van der Waals surface area (Å²) in [5.41, 5.74) is 1.20. The summed E-state index contributed by atoms with van der Waals surface area (Å²) in [5.74, 6) is 0. The van der Waals surface area contributed by atoms with Gasteiger partial charge in [-0.25, -0.2) is 0 Å². The topological polar surface area (TPSA) is 12.0 Å². The smallest absolute Gasteiger partial charge is 0.0486 e. The van der Waals surface area contributed by atoms with E-state index in [1.165, 1.54) is 24.9 Å². The standard InChI is InChI=1S/C12H18BrN/c1-3-7-10(4-2)14-12-9-6-5-8-11(12)13/h5-6,8-10,14H,3-4,7H2,1-2H3. The Bertz CT molecular complexity index is 273. The average molecular weight is 256 g/mol. The Morgan fingerprint density at radius 1 is 1.29 bits per heavy atom. The first-order chi connectivity index (χ1) is 6.77. The maximum atomic E-state index is 3.55. The Morgan fingerprint density at radius 2 is 2.00 bits per heavy atom. The van der Waals surface area contributed by atoms with E-state index in [1.54, 1.807) is 0 Å². The van der Waals surface area contributed by atoms with Crippen LogP contribution in [0, 0.1) is 0 Å². The molecule has 1 nitrogen and oxygen atoms in total. The molecule has 0 saturated heterocycles. The van der Waals surface area contributed by atoms with Crippen molar-refractivity contribution in [2.45, 2.75) is 39.2 Å². The molecule has 78 valence electrons. The molecule has 0 amide bonds. The summed E-state index contributed by atoms with van der Waals surface area (Å²) in [5, 5.41) is 3.55. The molecule has 1 aromatic carbocycles. The number of hydrogen-bond acceptors (Lipinski definition) is 1. The molecular formula is C12H18BrN. The van der Waals surface area contributed by atoms with E-state index in [4.69, 9.17) is 0 Å². The zero-order valence-corrected chi connectivity index (χ0v) is 10.5. The SMILES string of the molecule is CCCC(CC)Nc1ccccc1Br. The first-order valence-corrected chi connectivity index (χ1v) is 6.08. The Hall–Kier alpha value is -0.500. The minimum absolute atomic E-state index is 0.596. The van der Waals surface area contributed by atoms with E-state index in [1.807, 2.05) is 6.07 Å². The summed E-state index contributed by atoms with van der Waals surface area (Å²) in [6.45, 7) is 4.45. The Labute approximate surface area is 95.0 Å². The summed E-state index contributed by atoms with van der Waals surface area (Å²) in [4.78, 5) is 0. The molecule has 14 heavy (non-hydrogen) atoms. The van der Waals surface area contributed by atoms with E-state index >= 15 is 0 Å². The predicted octanol–water partition coefficient (Wildman–Crippen LogP) is 4.44. The van der Waals surface area contributed by atoms with Crippen molar-refractivity contribution >= 4 is 21.6 Å². The Balaban J connectivity index is 2.62. The van der Waals surface area contributed by atoms with Crippen LogP contribution in [0.3, 0.4) is 0 Å². The lowest BCUT2D eigenvalue weighted by Gasteiger charge is -2.18. The molecule has 0 fully saturated rings. The third-order valence-electron chi connectivity index (χ3n) is 2.36. The van der Waals surface area contributed by atoms with Crippen molar-refractivity contribution in [3.8, 4) is 0 Å². The van der Waals surface area contributed by atoms with Crippen LogP contribution in [0.25, 0.3) is 0 Å². The molecule has 0 aliphatic heterocycles. The van der Waals surface area contributed by atoms with Crippen LogP contribution in [0.5, 0.6) is 0 Å². The molecule has 0 saturated carbocycles. The van der Waals surface area contributed by atoms with E-state index in [0.717, 1.165) is 4.47 Å². The number of hydrogen-bond donors (Lipinski definition) is 1. The van der Waals surface area contributed by atoms with E-state index in [-0.39, 0.29) is 0 Å². The van der Waals surface area contributed by atoms with Gasteiger partial charge in [0.1, 0.15) is 0 Å². The summed E-state index contributed by atoms with van der Waals surface area (Å²) in [6.07, 6.45) is 3.64. The van der Waals surface area contributed by atoms with Crippen molar-refractivity contribution in [2.24, 2.45) is 0 Å². The first kappa shape index (κ1) is 11.6. The highest BCUT2D eigenvalue weighted by Crippen LogP contribution is 2.23. The molecular weight excluding hydrogens is 238 g/mol. The summed E-state index contributed by atoms with van der Waals surface area (Å²) < 4.78 is 1.15. The third kappa shape index (κ3) is 3.33. The van der Waals surface area contributed by atoms with Gasteiger partial charge in [0.05, 0.1) is 0 Å². The van der Waals surface area contributed by atoms with Gasteiger partial charge in [0, 0.05) is 16.2 Å². The predicted molar refractivity (Wildman–Crippen MR) is 66.8 cm³/mol. The molecule has 0 radical (unpaired) electrons. The van der Waals surface area contributed by atoms with E-state index in [9.17, 15) is 0 Å². The summed E-state index contributed by atoms with van der Waals surface area (Å²) >= 11 is 3.54. The molecule has 0 aliphatic carbocycles. The fourth-order valence-electron chi connectivity index (χ4n) is 1.52. The third-order valence-corrected chi connectivity index (χ3v) is 3.05. The van der Waals surface area contributed by atoms with Crippen LogP contribution in [-0.2, 0) is 0 Å². The van der Waals surface area contributed by atoms with Gasteiger partial charge < -0.3 is 5.32 Å². The van der Waals surface area contributed by atoms with Crippen LogP contribution in [-0.4, -0.2) is 6.04 Å². The first-order valence-electron chi connectivity index (χ1n) is 5.29. The van der Waals surface area contributed by atoms with Crippen LogP contribution in [0.15, 0.2) is 28.7 Å². The summed E-state index contributed by atoms with van der Waals surface area (Å²) in [7, 11) is 0. The van der Waals surface area contributed by atoms with Crippen LogP contribution in [0.2, 0.25) is 0 Å². The van der Waals surface area contributed by atoms with Crippen molar-refractivity contribution in [3.05, 3.63) is 28.7 Å². The highest BCUT2D eigenvalue weighted by molar-refractivity contribution is 9.10. The molecule has 1 atom stereocenters. The summed E-state index contributed by atoms with van der Waals surface area (Å²) in [6, 6.07) is 8.88. The van der Waals surface area contributed by atoms with Gasteiger partial charge in [-0.1, -0.05) is 32.4 Å². The van der Waals surface area contributed by atoms with Gasteiger partial charge in [-0.15, -0.1) is 0 Å². The number of nitrogens with one attached hydrogen (secondary N) is 1. The van der Waals surface area contributed by atoms with Gasteiger partial charge >= 0.3 is 0 Å². The van der Waals surface area contributed by atoms with Crippen LogP contribution in [0.4, 0.5) is 5.69 Å². The second-order valence-electron chi connectivity index (χ2n) is 3.52. The van der Waals surface area contributed by atoms with E-state index in [2.05, 4.69) is 53.3 Å². The van der Waals surface area contributed by atoms with Gasteiger partial charge in [0.2, 0.25) is 0 Å². The Kier molecular flexibility index (Phi) is 5.02. The largest absolute Gasteiger partial charge is 0.381 e. The maximum Gasteiger partial charge on any atom is 0.0486 e. The number of anilines is 1. The fraction of sp³-hybridized carbons (Fsp3) is 0.500. The van der Waals surface area contributed by atoms with Gasteiger partial charge in [-0.3, -0.25) is 0 Å². The van der Waals surface area contributed by atoms with Crippen molar-refractivity contribution in [1.82, 2.24) is 0 Å². The van der Waals surface area contributed by atoms with Crippen molar-refractivity contribution in [3.63, 3.8) is 0 Å². The molecule has 0 aromatic heterocycles. The lowest BCUT2D eigenvalue weighted by molar-refractivity contribution is 0.622. The minimum atomic E-state index is 0.596. The molecule has 0 heterocycles. The number of rotatable bonds is 5. The van der Waals surface area contributed by atoms with Gasteiger partial charge in [-0.2, -0.15) is 0 Å². The lowest BCUT2D eigenvalue weighted by Crippen LogP contribution is -2.18. The van der Waals surface area contributed by atoms with E-state index < -0.39 is 0 Å². The van der Waals surface area contributed by atoms with E-state index in [0.29, 0.717) is 6.04 Å². The molecule has 1 N–H and O–H groups in total. The zero-order chi connectivity index (χ0) is 10.4. The van der Waals surface area contributed by atoms with Gasteiger partial charge in [0.15, 0.2) is 0 Å². The maximum absolute atomic E-state index is 3.55. The second-order valence-corrected chi connectivity index (χ2v) is 4.37. The van der Waals surface area contributed by atoms with Crippen LogP contribution in [0.1, 0.15) is 33.1 Å². The molecule has 0 bridgehead atoms. The highest BCUT2D eigenvalue weighted by Gasteiger charge is 2.05. The molecule has 1 rings (SSSR count). The molecule has 1 unspecified atom stereocenters. The van der Waals surface area contributed by atoms with Crippen LogP contribution < -0.4 is 5.32 Å². The van der Waals surface area contributed by atoms with Crippen molar-refractivity contribution in [1.29, 1.82) is 0 Å². The quantitative estimate of drug-likeness (QED) is 0.821. The molecule has 1 aromatic rings. The fourth-order valence-corrected chi connectivity index (χ4v) is 1.92.